The van der Waals surface area contributed by atoms with Crippen LogP contribution in [0, 0.1) is 5.92 Å². The number of hydrogen-bond acceptors (Lipinski definition) is 2. The summed E-state index contributed by atoms with van der Waals surface area (Å²) in [4.78, 5) is 10.4. The Balaban J connectivity index is 2.36. The van der Waals surface area contributed by atoms with Gasteiger partial charge < -0.3 is 10.8 Å². The van der Waals surface area contributed by atoms with Crippen LogP contribution in [0.3, 0.4) is 0 Å². The van der Waals surface area contributed by atoms with E-state index in [4.69, 9.17) is 10.8 Å². The predicted octanol–water partition coefficient (Wildman–Crippen LogP) is 0.921. The molecule has 0 bridgehead atoms. The minimum absolute atomic E-state index is 0.293. The Hall–Kier alpha value is -1.09. The summed E-state index contributed by atoms with van der Waals surface area (Å²) in [6.45, 7) is 0. The van der Waals surface area contributed by atoms with Gasteiger partial charge >= 0.3 is 5.97 Å². The summed E-state index contributed by atoms with van der Waals surface area (Å²) in [5.74, 6) is -0.626. The van der Waals surface area contributed by atoms with Crippen molar-refractivity contribution in [2.45, 2.75) is 18.9 Å². The molecule has 66 valence electrons. The molecule has 0 unspecified atom stereocenters. The minimum atomic E-state index is -0.919. The summed E-state index contributed by atoms with van der Waals surface area (Å²) in [6, 6.07) is -0.730. The van der Waals surface area contributed by atoms with Crippen LogP contribution in [-0.4, -0.2) is 17.1 Å². The molecule has 0 aromatic rings. The number of allylic oxidation sites excluding steroid dienone is 4. The van der Waals surface area contributed by atoms with Crippen LogP contribution in [-0.2, 0) is 4.79 Å². The first-order valence-corrected chi connectivity index (χ1v) is 4.02. The lowest BCUT2D eigenvalue weighted by molar-refractivity contribution is -0.138. The molecule has 0 saturated heterocycles. The van der Waals surface area contributed by atoms with Crippen molar-refractivity contribution in [3.05, 3.63) is 24.3 Å². The van der Waals surface area contributed by atoms with Crippen molar-refractivity contribution >= 4 is 5.97 Å². The standard InChI is InChI=1S/C9H13NO2/c10-8(9(11)12)6-7-4-2-1-3-5-7/h1-4,7-8H,5-6,10H2,(H,11,12)/t7-,8+/m0/s1. The van der Waals surface area contributed by atoms with E-state index in [0.717, 1.165) is 6.42 Å². The largest absolute Gasteiger partial charge is 0.480 e. The second-order valence-electron chi connectivity index (χ2n) is 2.99. The molecule has 3 N–H and O–H groups in total. The van der Waals surface area contributed by atoms with Gasteiger partial charge in [-0.15, -0.1) is 0 Å². The van der Waals surface area contributed by atoms with Gasteiger partial charge in [0.25, 0.3) is 0 Å². The van der Waals surface area contributed by atoms with Crippen molar-refractivity contribution in [1.29, 1.82) is 0 Å². The van der Waals surface area contributed by atoms with Crippen molar-refractivity contribution in [2.24, 2.45) is 11.7 Å². The average Bonchev–Trinajstić information content (AvgIpc) is 2.06. The van der Waals surface area contributed by atoms with Crippen LogP contribution in [0.25, 0.3) is 0 Å². The summed E-state index contributed by atoms with van der Waals surface area (Å²) >= 11 is 0. The summed E-state index contributed by atoms with van der Waals surface area (Å²) in [5, 5.41) is 8.55. The zero-order chi connectivity index (χ0) is 8.97. The first-order chi connectivity index (χ1) is 5.70. The first-order valence-electron chi connectivity index (χ1n) is 4.02. The predicted molar refractivity (Wildman–Crippen MR) is 46.6 cm³/mol. The normalized spacial score (nSPS) is 23.9. The SMILES string of the molecule is N[C@H](C[C@H]1C=CC=CC1)C(=O)O. The third kappa shape index (κ3) is 2.51. The van der Waals surface area contributed by atoms with E-state index in [0.29, 0.717) is 12.3 Å². The van der Waals surface area contributed by atoms with E-state index in [-0.39, 0.29) is 0 Å². The van der Waals surface area contributed by atoms with E-state index >= 15 is 0 Å². The first kappa shape index (κ1) is 9.00. The highest BCUT2D eigenvalue weighted by atomic mass is 16.4. The smallest absolute Gasteiger partial charge is 0.320 e. The second-order valence-corrected chi connectivity index (χ2v) is 2.99. The molecular weight excluding hydrogens is 154 g/mol. The highest BCUT2D eigenvalue weighted by molar-refractivity contribution is 5.73. The molecule has 1 aliphatic rings. The molecule has 0 aromatic carbocycles. The third-order valence-corrected chi connectivity index (χ3v) is 1.94. The van der Waals surface area contributed by atoms with Gasteiger partial charge in [-0.3, -0.25) is 4.79 Å². The molecular formula is C9H13NO2. The van der Waals surface area contributed by atoms with Gasteiger partial charge in [0, 0.05) is 0 Å². The van der Waals surface area contributed by atoms with Gasteiger partial charge in [0.15, 0.2) is 0 Å². The Labute approximate surface area is 71.6 Å². The maximum Gasteiger partial charge on any atom is 0.320 e. The molecule has 0 heterocycles. The average molecular weight is 167 g/mol. The van der Waals surface area contributed by atoms with Gasteiger partial charge in [-0.2, -0.15) is 0 Å². The number of rotatable bonds is 3. The van der Waals surface area contributed by atoms with Gasteiger partial charge in [0.1, 0.15) is 6.04 Å². The number of hydrogen-bond donors (Lipinski definition) is 2. The Morgan fingerprint density at radius 3 is 2.92 bits per heavy atom. The van der Waals surface area contributed by atoms with Gasteiger partial charge in [0.05, 0.1) is 0 Å². The van der Waals surface area contributed by atoms with E-state index in [1.54, 1.807) is 0 Å². The van der Waals surface area contributed by atoms with Gasteiger partial charge in [-0.1, -0.05) is 24.3 Å². The molecule has 2 atom stereocenters. The van der Waals surface area contributed by atoms with E-state index in [1.165, 1.54) is 0 Å². The molecule has 0 saturated carbocycles. The summed E-state index contributed by atoms with van der Waals surface area (Å²) in [7, 11) is 0. The van der Waals surface area contributed by atoms with Crippen molar-refractivity contribution in [3.8, 4) is 0 Å². The molecule has 0 aliphatic heterocycles. The molecule has 0 spiro atoms. The van der Waals surface area contributed by atoms with Crippen LogP contribution in [0.15, 0.2) is 24.3 Å². The second kappa shape index (κ2) is 4.07. The molecule has 12 heavy (non-hydrogen) atoms. The Bertz CT molecular complexity index is 221. The molecule has 1 aliphatic carbocycles. The van der Waals surface area contributed by atoms with Gasteiger partial charge in [-0.05, 0) is 18.8 Å². The lowest BCUT2D eigenvalue weighted by atomic mass is 9.94. The third-order valence-electron chi connectivity index (χ3n) is 1.94. The summed E-state index contributed by atoms with van der Waals surface area (Å²) < 4.78 is 0. The number of nitrogens with two attached hydrogens (primary N) is 1. The molecule has 1 rings (SSSR count). The van der Waals surface area contributed by atoms with Crippen LogP contribution in [0.1, 0.15) is 12.8 Å². The number of carboxylic acids is 1. The van der Waals surface area contributed by atoms with Crippen molar-refractivity contribution in [1.82, 2.24) is 0 Å². The van der Waals surface area contributed by atoms with E-state index < -0.39 is 12.0 Å². The Kier molecular flexibility index (Phi) is 3.05. The molecule has 0 fully saturated rings. The van der Waals surface area contributed by atoms with Crippen molar-refractivity contribution in [2.75, 3.05) is 0 Å². The van der Waals surface area contributed by atoms with Crippen LogP contribution in [0.4, 0.5) is 0 Å². The Morgan fingerprint density at radius 2 is 2.42 bits per heavy atom. The number of carbonyl (C=O) groups is 1. The lowest BCUT2D eigenvalue weighted by Crippen LogP contribution is -2.32. The summed E-state index contributed by atoms with van der Waals surface area (Å²) in [5.41, 5.74) is 5.39. The number of aliphatic carboxylic acids is 1. The fraction of sp³-hybridized carbons (Fsp3) is 0.444. The van der Waals surface area contributed by atoms with Gasteiger partial charge in [0.2, 0.25) is 0 Å². The quantitative estimate of drug-likeness (QED) is 0.657. The zero-order valence-electron chi connectivity index (χ0n) is 6.81. The van der Waals surface area contributed by atoms with E-state index in [9.17, 15) is 4.79 Å². The van der Waals surface area contributed by atoms with Crippen LogP contribution in [0.5, 0.6) is 0 Å². The molecule has 0 amide bonds. The zero-order valence-corrected chi connectivity index (χ0v) is 6.81. The van der Waals surface area contributed by atoms with E-state index in [2.05, 4.69) is 0 Å². The topological polar surface area (TPSA) is 63.3 Å². The molecule has 0 radical (unpaired) electrons. The molecule has 3 heteroatoms. The van der Waals surface area contributed by atoms with E-state index in [1.807, 2.05) is 24.3 Å². The fourth-order valence-corrected chi connectivity index (χ4v) is 1.23. The molecule has 0 aromatic heterocycles. The van der Waals surface area contributed by atoms with Gasteiger partial charge in [-0.25, -0.2) is 0 Å². The monoisotopic (exact) mass is 167 g/mol. The van der Waals surface area contributed by atoms with Crippen molar-refractivity contribution < 1.29 is 9.90 Å². The molecule has 3 nitrogen and oxygen atoms in total. The fourth-order valence-electron chi connectivity index (χ4n) is 1.23. The summed E-state index contributed by atoms with van der Waals surface area (Å²) in [6.07, 6.45) is 9.35. The lowest BCUT2D eigenvalue weighted by Gasteiger charge is -2.14. The van der Waals surface area contributed by atoms with Crippen molar-refractivity contribution in [3.63, 3.8) is 0 Å². The highest BCUT2D eigenvalue weighted by Crippen LogP contribution is 2.16. The number of carboxylic acid groups (broad SMARTS) is 1. The maximum atomic E-state index is 10.4. The van der Waals surface area contributed by atoms with Crippen LogP contribution in [0.2, 0.25) is 0 Å². The minimum Gasteiger partial charge on any atom is -0.480 e. The van der Waals surface area contributed by atoms with Crippen LogP contribution >= 0.6 is 0 Å². The maximum absolute atomic E-state index is 10.4. The highest BCUT2D eigenvalue weighted by Gasteiger charge is 2.16. The Morgan fingerprint density at radius 1 is 1.67 bits per heavy atom. The van der Waals surface area contributed by atoms with Crippen LogP contribution < -0.4 is 5.73 Å².